The van der Waals surface area contributed by atoms with Crippen LogP contribution in [0.1, 0.15) is 18.1 Å². The molecule has 128 valence electrons. The first-order chi connectivity index (χ1) is 11.2. The molecule has 2 saturated heterocycles. The summed E-state index contributed by atoms with van der Waals surface area (Å²) in [5.74, 6) is 1.66. The van der Waals surface area contributed by atoms with Crippen LogP contribution in [0.2, 0.25) is 0 Å². The number of nitrogens with zero attached hydrogens (tertiary/aromatic N) is 5. The van der Waals surface area contributed by atoms with Gasteiger partial charge in [0.15, 0.2) is 5.82 Å². The molecule has 0 bridgehead atoms. The lowest BCUT2D eigenvalue weighted by molar-refractivity contribution is -0.132. The van der Waals surface area contributed by atoms with Crippen molar-refractivity contribution < 1.29 is 9.32 Å². The molecule has 23 heavy (non-hydrogen) atoms. The van der Waals surface area contributed by atoms with E-state index in [1.54, 1.807) is 0 Å². The van der Waals surface area contributed by atoms with Crippen LogP contribution >= 0.6 is 0 Å². The maximum Gasteiger partial charge on any atom is 0.223 e. The standard InChI is InChI=1S/C15H26N6O2/c1-13-17-14(18-23-13)12-20-10-8-19(9-11-20)5-2-15(22)21-6-3-16-4-7-21/h16H,2-12H2,1H3. The van der Waals surface area contributed by atoms with Gasteiger partial charge in [0.25, 0.3) is 0 Å². The van der Waals surface area contributed by atoms with Crippen molar-refractivity contribution in [1.29, 1.82) is 0 Å². The minimum atomic E-state index is 0.288. The SMILES string of the molecule is Cc1nc(CN2CCN(CCC(=O)N3CCNCC3)CC2)no1. The van der Waals surface area contributed by atoms with Gasteiger partial charge >= 0.3 is 0 Å². The van der Waals surface area contributed by atoms with Gasteiger partial charge in [-0.25, -0.2) is 0 Å². The third-order valence-electron chi connectivity index (χ3n) is 4.51. The van der Waals surface area contributed by atoms with E-state index < -0.39 is 0 Å². The van der Waals surface area contributed by atoms with Gasteiger partial charge in [-0.3, -0.25) is 9.69 Å². The summed E-state index contributed by atoms with van der Waals surface area (Å²) in [7, 11) is 0. The van der Waals surface area contributed by atoms with Crippen molar-refractivity contribution in [3.8, 4) is 0 Å². The molecule has 0 aromatic carbocycles. The van der Waals surface area contributed by atoms with Crippen LogP contribution in [0.4, 0.5) is 0 Å². The van der Waals surface area contributed by atoms with Crippen LogP contribution < -0.4 is 5.32 Å². The quantitative estimate of drug-likeness (QED) is 0.769. The molecule has 0 atom stereocenters. The minimum absolute atomic E-state index is 0.288. The Kier molecular flexibility index (Phi) is 5.58. The van der Waals surface area contributed by atoms with Crippen LogP contribution in [-0.4, -0.2) is 89.7 Å². The van der Waals surface area contributed by atoms with Gasteiger partial charge in [0.2, 0.25) is 11.8 Å². The Morgan fingerprint density at radius 2 is 1.83 bits per heavy atom. The third kappa shape index (κ3) is 4.73. The molecule has 8 heteroatoms. The Hall–Kier alpha value is -1.51. The fourth-order valence-corrected chi connectivity index (χ4v) is 3.10. The summed E-state index contributed by atoms with van der Waals surface area (Å²) in [4.78, 5) is 23.1. The lowest BCUT2D eigenvalue weighted by atomic mass is 10.2. The van der Waals surface area contributed by atoms with Gasteiger partial charge in [0.1, 0.15) is 0 Å². The molecule has 1 amide bonds. The summed E-state index contributed by atoms with van der Waals surface area (Å²) in [6.07, 6.45) is 0.629. The van der Waals surface area contributed by atoms with Gasteiger partial charge in [-0.2, -0.15) is 4.98 Å². The number of amides is 1. The van der Waals surface area contributed by atoms with Crippen LogP contribution in [-0.2, 0) is 11.3 Å². The van der Waals surface area contributed by atoms with Crippen molar-refractivity contribution in [2.45, 2.75) is 19.9 Å². The number of carbonyl (C=O) groups is 1. The summed E-state index contributed by atoms with van der Waals surface area (Å²) in [5, 5.41) is 7.22. The van der Waals surface area contributed by atoms with E-state index in [0.29, 0.717) is 12.3 Å². The van der Waals surface area contributed by atoms with Gasteiger partial charge in [-0.15, -0.1) is 0 Å². The van der Waals surface area contributed by atoms with Crippen molar-refractivity contribution in [3.05, 3.63) is 11.7 Å². The van der Waals surface area contributed by atoms with E-state index in [0.717, 1.165) is 71.3 Å². The molecule has 0 saturated carbocycles. The highest BCUT2D eigenvalue weighted by Crippen LogP contribution is 2.07. The van der Waals surface area contributed by atoms with E-state index in [2.05, 4.69) is 25.3 Å². The fraction of sp³-hybridized carbons (Fsp3) is 0.800. The third-order valence-corrected chi connectivity index (χ3v) is 4.51. The average Bonchev–Trinajstić information content (AvgIpc) is 2.99. The molecule has 0 radical (unpaired) electrons. The molecule has 0 aliphatic carbocycles. The molecule has 0 spiro atoms. The number of rotatable bonds is 5. The van der Waals surface area contributed by atoms with Crippen LogP contribution in [0, 0.1) is 6.92 Å². The Morgan fingerprint density at radius 1 is 1.13 bits per heavy atom. The van der Waals surface area contributed by atoms with Gasteiger partial charge < -0.3 is 19.6 Å². The number of aryl methyl sites for hydroxylation is 1. The number of piperazine rings is 2. The van der Waals surface area contributed by atoms with Crippen LogP contribution in [0.3, 0.4) is 0 Å². The summed E-state index contributed by atoms with van der Waals surface area (Å²) < 4.78 is 5.00. The Labute approximate surface area is 136 Å². The van der Waals surface area contributed by atoms with Crippen molar-refractivity contribution in [1.82, 2.24) is 30.2 Å². The Morgan fingerprint density at radius 3 is 2.48 bits per heavy atom. The molecular formula is C15H26N6O2. The van der Waals surface area contributed by atoms with E-state index in [4.69, 9.17) is 4.52 Å². The fourth-order valence-electron chi connectivity index (χ4n) is 3.10. The van der Waals surface area contributed by atoms with Crippen molar-refractivity contribution in [3.63, 3.8) is 0 Å². The Bertz CT molecular complexity index is 506. The van der Waals surface area contributed by atoms with Crippen molar-refractivity contribution >= 4 is 5.91 Å². The smallest absolute Gasteiger partial charge is 0.223 e. The van der Waals surface area contributed by atoms with E-state index in [9.17, 15) is 4.79 Å². The van der Waals surface area contributed by atoms with Gasteiger partial charge in [-0.05, 0) is 0 Å². The first kappa shape index (κ1) is 16.4. The predicted octanol–water partition coefficient (Wildman–Crippen LogP) is -0.682. The zero-order chi connectivity index (χ0) is 16.1. The lowest BCUT2D eigenvalue weighted by Gasteiger charge is -2.34. The zero-order valence-electron chi connectivity index (χ0n) is 13.8. The largest absolute Gasteiger partial charge is 0.340 e. The van der Waals surface area contributed by atoms with E-state index in [1.807, 2.05) is 11.8 Å². The van der Waals surface area contributed by atoms with E-state index in [-0.39, 0.29) is 5.91 Å². The normalized spacial score (nSPS) is 20.8. The molecule has 8 nitrogen and oxygen atoms in total. The second kappa shape index (κ2) is 7.85. The van der Waals surface area contributed by atoms with E-state index in [1.165, 1.54) is 0 Å². The summed E-state index contributed by atoms with van der Waals surface area (Å²) in [6.45, 7) is 10.9. The van der Waals surface area contributed by atoms with E-state index >= 15 is 0 Å². The number of aromatic nitrogens is 2. The average molecular weight is 322 g/mol. The topological polar surface area (TPSA) is 77.7 Å². The maximum absolute atomic E-state index is 12.2. The number of carbonyl (C=O) groups excluding carboxylic acids is 1. The number of nitrogens with one attached hydrogen (secondary N) is 1. The zero-order valence-corrected chi connectivity index (χ0v) is 13.8. The van der Waals surface area contributed by atoms with Crippen molar-refractivity contribution in [2.75, 3.05) is 58.9 Å². The molecule has 2 fully saturated rings. The van der Waals surface area contributed by atoms with Gasteiger partial charge in [0, 0.05) is 72.2 Å². The van der Waals surface area contributed by atoms with Crippen molar-refractivity contribution in [2.24, 2.45) is 0 Å². The first-order valence-corrected chi connectivity index (χ1v) is 8.43. The van der Waals surface area contributed by atoms with Gasteiger partial charge in [0.05, 0.1) is 6.54 Å². The minimum Gasteiger partial charge on any atom is -0.340 e. The first-order valence-electron chi connectivity index (χ1n) is 8.43. The molecular weight excluding hydrogens is 296 g/mol. The molecule has 2 aliphatic rings. The summed E-state index contributed by atoms with van der Waals surface area (Å²) in [5.41, 5.74) is 0. The molecule has 1 N–H and O–H groups in total. The molecule has 1 aromatic heterocycles. The highest BCUT2D eigenvalue weighted by Gasteiger charge is 2.21. The predicted molar refractivity (Wildman–Crippen MR) is 84.8 cm³/mol. The number of hydrogen-bond donors (Lipinski definition) is 1. The second-order valence-electron chi connectivity index (χ2n) is 6.23. The molecule has 2 aliphatic heterocycles. The molecule has 1 aromatic rings. The summed E-state index contributed by atoms with van der Waals surface area (Å²) >= 11 is 0. The second-order valence-corrected chi connectivity index (χ2v) is 6.23. The summed E-state index contributed by atoms with van der Waals surface area (Å²) in [6, 6.07) is 0. The van der Waals surface area contributed by atoms with Crippen LogP contribution in [0.15, 0.2) is 4.52 Å². The highest BCUT2D eigenvalue weighted by atomic mass is 16.5. The molecule has 3 heterocycles. The number of hydrogen-bond acceptors (Lipinski definition) is 7. The highest BCUT2D eigenvalue weighted by molar-refractivity contribution is 5.76. The molecule has 0 unspecified atom stereocenters. The van der Waals surface area contributed by atoms with Crippen LogP contribution in [0.25, 0.3) is 0 Å². The van der Waals surface area contributed by atoms with Gasteiger partial charge in [-0.1, -0.05) is 5.16 Å². The monoisotopic (exact) mass is 322 g/mol. The Balaban J connectivity index is 1.35. The molecule has 3 rings (SSSR count). The maximum atomic E-state index is 12.2. The van der Waals surface area contributed by atoms with Crippen LogP contribution in [0.5, 0.6) is 0 Å². The lowest BCUT2D eigenvalue weighted by Crippen LogP contribution is -2.49.